The molecule has 3 rings (SSSR count). The lowest BCUT2D eigenvalue weighted by Gasteiger charge is -2.28. The molecule has 0 unspecified atom stereocenters. The van der Waals surface area contributed by atoms with E-state index in [-0.39, 0.29) is 5.56 Å². The second kappa shape index (κ2) is 11.7. The molecule has 7 nitrogen and oxygen atoms in total. The topological polar surface area (TPSA) is 63.8 Å². The SMILES string of the molecule is Cc1cc2cc(CN(CCN(C)C)C(=S)NCCCN3CCOCC3)c(=O)[nH]c2cc1C. The van der Waals surface area contributed by atoms with E-state index >= 15 is 0 Å². The highest BCUT2D eigenvalue weighted by molar-refractivity contribution is 7.80. The maximum atomic E-state index is 12.8. The zero-order valence-electron chi connectivity index (χ0n) is 19.9. The van der Waals surface area contributed by atoms with Crippen molar-refractivity contribution in [3.05, 3.63) is 45.2 Å². The minimum atomic E-state index is -0.0503. The van der Waals surface area contributed by atoms with Crippen LogP contribution in [-0.2, 0) is 11.3 Å². The summed E-state index contributed by atoms with van der Waals surface area (Å²) in [4.78, 5) is 22.5. The molecule has 1 aromatic heterocycles. The Morgan fingerprint density at radius 1 is 1.16 bits per heavy atom. The molecule has 0 aliphatic carbocycles. The van der Waals surface area contributed by atoms with Crippen LogP contribution in [0.1, 0.15) is 23.1 Å². The van der Waals surface area contributed by atoms with Crippen molar-refractivity contribution >= 4 is 28.2 Å². The fourth-order valence-corrected chi connectivity index (χ4v) is 4.11. The van der Waals surface area contributed by atoms with Crippen molar-refractivity contribution in [2.24, 2.45) is 0 Å². The smallest absolute Gasteiger partial charge is 0.253 e. The van der Waals surface area contributed by atoms with E-state index in [1.54, 1.807) is 0 Å². The highest BCUT2D eigenvalue weighted by atomic mass is 32.1. The van der Waals surface area contributed by atoms with E-state index in [2.05, 4.69) is 44.9 Å². The van der Waals surface area contributed by atoms with Crippen LogP contribution in [0.15, 0.2) is 23.0 Å². The van der Waals surface area contributed by atoms with E-state index < -0.39 is 0 Å². The first kappa shape index (κ1) is 24.6. The van der Waals surface area contributed by atoms with E-state index in [1.807, 2.05) is 26.2 Å². The molecule has 2 aromatic rings. The summed E-state index contributed by atoms with van der Waals surface area (Å²) in [5.41, 5.74) is 3.96. The lowest BCUT2D eigenvalue weighted by molar-refractivity contribution is 0.0376. The van der Waals surface area contributed by atoms with Crippen LogP contribution in [0.4, 0.5) is 0 Å². The monoisotopic (exact) mass is 459 g/mol. The predicted octanol–water partition coefficient (Wildman–Crippen LogP) is 2.11. The van der Waals surface area contributed by atoms with Gasteiger partial charge in [-0.05, 0) is 87.8 Å². The number of morpholine rings is 1. The van der Waals surface area contributed by atoms with Gasteiger partial charge in [-0.15, -0.1) is 0 Å². The number of hydrogen-bond donors (Lipinski definition) is 2. The highest BCUT2D eigenvalue weighted by Gasteiger charge is 2.15. The highest BCUT2D eigenvalue weighted by Crippen LogP contribution is 2.18. The number of H-pyrrole nitrogens is 1. The van der Waals surface area contributed by atoms with Crippen LogP contribution in [0, 0.1) is 13.8 Å². The summed E-state index contributed by atoms with van der Waals surface area (Å²) in [6.07, 6.45) is 1.02. The van der Waals surface area contributed by atoms with Crippen molar-refractivity contribution in [3.8, 4) is 0 Å². The van der Waals surface area contributed by atoms with Gasteiger partial charge < -0.3 is 24.8 Å². The van der Waals surface area contributed by atoms with Gasteiger partial charge in [0.1, 0.15) is 0 Å². The maximum absolute atomic E-state index is 12.8. The van der Waals surface area contributed by atoms with Crippen molar-refractivity contribution in [2.75, 3.05) is 66.6 Å². The number of aromatic nitrogens is 1. The summed E-state index contributed by atoms with van der Waals surface area (Å²) >= 11 is 5.72. The number of aromatic amines is 1. The molecule has 176 valence electrons. The Hall–Kier alpha value is -2.00. The number of nitrogens with one attached hydrogen (secondary N) is 2. The molecule has 0 atom stereocenters. The van der Waals surface area contributed by atoms with Crippen LogP contribution < -0.4 is 10.9 Å². The molecular formula is C24H37N5O2S. The van der Waals surface area contributed by atoms with Gasteiger partial charge in [-0.3, -0.25) is 9.69 Å². The van der Waals surface area contributed by atoms with Crippen molar-refractivity contribution in [2.45, 2.75) is 26.8 Å². The van der Waals surface area contributed by atoms with Gasteiger partial charge in [0.2, 0.25) is 0 Å². The third-order valence-electron chi connectivity index (χ3n) is 6.03. The molecule has 2 heterocycles. The van der Waals surface area contributed by atoms with Gasteiger partial charge in [-0.25, -0.2) is 0 Å². The molecule has 1 aromatic carbocycles. The summed E-state index contributed by atoms with van der Waals surface area (Å²) in [6, 6.07) is 6.18. The second-order valence-electron chi connectivity index (χ2n) is 8.91. The Kier molecular flexibility index (Phi) is 9.04. The van der Waals surface area contributed by atoms with Crippen LogP contribution in [0.25, 0.3) is 10.9 Å². The minimum absolute atomic E-state index is 0.0503. The zero-order chi connectivity index (χ0) is 23.1. The number of aryl methyl sites for hydroxylation is 2. The Labute approximate surface area is 196 Å². The van der Waals surface area contributed by atoms with Crippen LogP contribution in [0.5, 0.6) is 0 Å². The first-order valence-corrected chi connectivity index (χ1v) is 11.8. The number of benzene rings is 1. The molecule has 0 spiro atoms. The molecule has 1 saturated heterocycles. The van der Waals surface area contributed by atoms with Gasteiger partial charge in [0.05, 0.1) is 19.8 Å². The Balaban J connectivity index is 1.65. The maximum Gasteiger partial charge on any atom is 0.253 e. The lowest BCUT2D eigenvalue weighted by Crippen LogP contribution is -2.44. The Morgan fingerprint density at radius 2 is 1.88 bits per heavy atom. The first-order valence-electron chi connectivity index (χ1n) is 11.4. The molecule has 1 aliphatic heterocycles. The van der Waals surface area contributed by atoms with E-state index in [0.29, 0.717) is 11.7 Å². The lowest BCUT2D eigenvalue weighted by atomic mass is 10.0. The van der Waals surface area contributed by atoms with Gasteiger partial charge in [0, 0.05) is 43.8 Å². The molecule has 2 N–H and O–H groups in total. The summed E-state index contributed by atoms with van der Waals surface area (Å²) in [5.74, 6) is 0. The molecule has 0 amide bonds. The van der Waals surface area contributed by atoms with Gasteiger partial charge >= 0.3 is 0 Å². The van der Waals surface area contributed by atoms with Crippen molar-refractivity contribution in [3.63, 3.8) is 0 Å². The van der Waals surface area contributed by atoms with Crippen molar-refractivity contribution in [1.82, 2.24) is 25.0 Å². The number of ether oxygens (including phenoxy) is 1. The van der Waals surface area contributed by atoms with E-state index in [0.717, 1.165) is 75.4 Å². The third-order valence-corrected chi connectivity index (χ3v) is 6.43. The predicted molar refractivity (Wildman–Crippen MR) is 135 cm³/mol. The molecule has 1 aliphatic rings. The van der Waals surface area contributed by atoms with Crippen LogP contribution in [0.3, 0.4) is 0 Å². The fourth-order valence-electron chi connectivity index (χ4n) is 3.85. The molecule has 0 bridgehead atoms. The van der Waals surface area contributed by atoms with Crippen molar-refractivity contribution in [1.29, 1.82) is 0 Å². The number of thiocarbonyl (C=S) groups is 1. The number of nitrogens with zero attached hydrogens (tertiary/aromatic N) is 3. The number of likely N-dealkylation sites (N-methyl/N-ethyl adjacent to an activating group) is 1. The quantitative estimate of drug-likeness (QED) is 0.440. The summed E-state index contributed by atoms with van der Waals surface area (Å²) < 4.78 is 5.41. The van der Waals surface area contributed by atoms with Crippen LogP contribution in [-0.4, -0.2) is 91.4 Å². The molecule has 0 saturated carbocycles. The number of fused-ring (bicyclic) bond motifs is 1. The first-order chi connectivity index (χ1) is 15.3. The summed E-state index contributed by atoms with van der Waals surface area (Å²) in [7, 11) is 4.09. The van der Waals surface area contributed by atoms with Gasteiger partial charge in [-0.1, -0.05) is 0 Å². The second-order valence-corrected chi connectivity index (χ2v) is 9.30. The Morgan fingerprint density at radius 3 is 2.59 bits per heavy atom. The number of rotatable bonds is 9. The molecule has 0 radical (unpaired) electrons. The van der Waals surface area contributed by atoms with Gasteiger partial charge in [0.15, 0.2) is 5.11 Å². The molecule has 1 fully saturated rings. The number of pyridine rings is 1. The normalized spacial score (nSPS) is 14.8. The Bertz CT molecular complexity index is 969. The molecule has 32 heavy (non-hydrogen) atoms. The van der Waals surface area contributed by atoms with E-state index in [9.17, 15) is 4.79 Å². The average molecular weight is 460 g/mol. The fraction of sp³-hybridized carbons (Fsp3) is 0.583. The minimum Gasteiger partial charge on any atom is -0.379 e. The largest absolute Gasteiger partial charge is 0.379 e. The zero-order valence-corrected chi connectivity index (χ0v) is 20.7. The standard InChI is InChI=1S/C24H37N5O2S/c1-18-14-20-16-21(23(30)26-22(20)15-19(18)2)17-29(9-8-27(3)4)24(32)25-6-5-7-28-10-12-31-13-11-28/h14-16H,5-13,17H2,1-4H3,(H,25,32)(H,26,30). The van der Waals surface area contributed by atoms with Crippen LogP contribution >= 0.6 is 12.2 Å². The third kappa shape index (κ3) is 7.00. The van der Waals surface area contributed by atoms with E-state index in [1.165, 1.54) is 11.1 Å². The molecule has 8 heteroatoms. The van der Waals surface area contributed by atoms with Crippen molar-refractivity contribution < 1.29 is 4.74 Å². The summed E-state index contributed by atoms with van der Waals surface area (Å²) in [5, 5.41) is 5.17. The van der Waals surface area contributed by atoms with Crippen LogP contribution in [0.2, 0.25) is 0 Å². The average Bonchev–Trinajstić information content (AvgIpc) is 2.76. The number of hydrogen-bond acceptors (Lipinski definition) is 5. The molecular weight excluding hydrogens is 422 g/mol. The van der Waals surface area contributed by atoms with E-state index in [4.69, 9.17) is 17.0 Å². The summed E-state index contributed by atoms with van der Waals surface area (Å²) in [6.45, 7) is 11.8. The van der Waals surface area contributed by atoms with Gasteiger partial charge in [-0.2, -0.15) is 0 Å². The van der Waals surface area contributed by atoms with Gasteiger partial charge in [0.25, 0.3) is 5.56 Å².